The van der Waals surface area contributed by atoms with E-state index in [0.717, 1.165) is 24.3 Å². The van der Waals surface area contributed by atoms with Crippen LogP contribution in [0.2, 0.25) is 0 Å². The second-order valence-corrected chi connectivity index (χ2v) is 4.06. The Hall–Kier alpha value is -1.16. The van der Waals surface area contributed by atoms with Crippen LogP contribution in [0.5, 0.6) is 5.75 Å². The molecule has 15 heavy (non-hydrogen) atoms. The second kappa shape index (κ2) is 4.14. The van der Waals surface area contributed by atoms with E-state index in [1.165, 1.54) is 5.56 Å². The van der Waals surface area contributed by atoms with Gasteiger partial charge in [-0.2, -0.15) is 0 Å². The summed E-state index contributed by atoms with van der Waals surface area (Å²) in [5.41, 5.74) is 2.34. The number of amides is 1. The predicted molar refractivity (Wildman–Crippen MR) is 61.5 cm³/mol. The lowest BCUT2D eigenvalue weighted by molar-refractivity contribution is 0.232. The fourth-order valence-electron chi connectivity index (χ4n) is 1.68. The molecule has 0 unspecified atom stereocenters. The maximum atomic E-state index is 10.9. The average Bonchev–Trinajstić information content (AvgIpc) is 2.64. The van der Waals surface area contributed by atoms with Gasteiger partial charge in [-0.15, -0.1) is 0 Å². The van der Waals surface area contributed by atoms with Crippen molar-refractivity contribution in [3.05, 3.63) is 29.3 Å². The van der Waals surface area contributed by atoms with Gasteiger partial charge in [-0.1, -0.05) is 24.8 Å². The molecule has 1 aromatic rings. The SMILES string of the molecule is CN(Cc1ccc2c(c1)CCO2)C(=O)S. The van der Waals surface area contributed by atoms with Gasteiger partial charge < -0.3 is 9.64 Å². The van der Waals surface area contributed by atoms with E-state index in [1.807, 2.05) is 12.1 Å². The molecular weight excluding hydrogens is 210 g/mol. The summed E-state index contributed by atoms with van der Waals surface area (Å²) in [7, 11) is 1.74. The number of carbonyl (C=O) groups excluding carboxylic acids is 1. The van der Waals surface area contributed by atoms with Gasteiger partial charge in [0.2, 0.25) is 0 Å². The van der Waals surface area contributed by atoms with Gasteiger partial charge >= 0.3 is 0 Å². The summed E-state index contributed by atoms with van der Waals surface area (Å²) < 4.78 is 5.41. The van der Waals surface area contributed by atoms with E-state index in [-0.39, 0.29) is 5.24 Å². The summed E-state index contributed by atoms with van der Waals surface area (Å²) in [6, 6.07) is 6.04. The maximum Gasteiger partial charge on any atom is 0.278 e. The summed E-state index contributed by atoms with van der Waals surface area (Å²) >= 11 is 3.77. The summed E-state index contributed by atoms with van der Waals surface area (Å²) in [4.78, 5) is 12.5. The van der Waals surface area contributed by atoms with Crippen LogP contribution >= 0.6 is 12.6 Å². The van der Waals surface area contributed by atoms with Gasteiger partial charge in [-0.25, -0.2) is 0 Å². The van der Waals surface area contributed by atoms with Crippen LogP contribution in [-0.4, -0.2) is 23.8 Å². The number of benzene rings is 1. The van der Waals surface area contributed by atoms with Crippen LogP contribution < -0.4 is 4.74 Å². The molecule has 1 aliphatic rings. The molecule has 0 fully saturated rings. The molecular formula is C11H13NO2S. The van der Waals surface area contributed by atoms with Crippen molar-refractivity contribution in [1.29, 1.82) is 0 Å². The van der Waals surface area contributed by atoms with Crippen LogP contribution in [0.4, 0.5) is 4.79 Å². The van der Waals surface area contributed by atoms with Gasteiger partial charge in [0.1, 0.15) is 5.75 Å². The molecule has 1 amide bonds. The lowest BCUT2D eigenvalue weighted by atomic mass is 10.1. The van der Waals surface area contributed by atoms with Crippen molar-refractivity contribution in [3.8, 4) is 5.75 Å². The summed E-state index contributed by atoms with van der Waals surface area (Å²) in [6.45, 7) is 1.36. The Bertz CT molecular complexity index is 392. The zero-order chi connectivity index (χ0) is 10.8. The van der Waals surface area contributed by atoms with Gasteiger partial charge in [0.15, 0.2) is 0 Å². The summed E-state index contributed by atoms with van der Waals surface area (Å²) in [5, 5.41) is -0.216. The first kappa shape index (κ1) is 10.4. The van der Waals surface area contributed by atoms with E-state index < -0.39 is 0 Å². The predicted octanol–water partition coefficient (Wildman–Crippen LogP) is 2.10. The molecule has 0 radical (unpaired) electrons. The Morgan fingerprint density at radius 2 is 2.40 bits per heavy atom. The lowest BCUT2D eigenvalue weighted by Crippen LogP contribution is -2.20. The minimum absolute atomic E-state index is 0.216. The van der Waals surface area contributed by atoms with Crippen molar-refractivity contribution in [2.75, 3.05) is 13.7 Å². The van der Waals surface area contributed by atoms with E-state index >= 15 is 0 Å². The van der Waals surface area contributed by atoms with Crippen LogP contribution in [0, 0.1) is 0 Å². The molecule has 0 bridgehead atoms. The number of hydrogen-bond acceptors (Lipinski definition) is 2. The highest BCUT2D eigenvalue weighted by molar-refractivity contribution is 7.96. The highest BCUT2D eigenvalue weighted by Crippen LogP contribution is 2.26. The average molecular weight is 223 g/mol. The Labute approximate surface area is 94.4 Å². The molecule has 3 nitrogen and oxygen atoms in total. The minimum atomic E-state index is -0.216. The Kier molecular flexibility index (Phi) is 2.86. The molecule has 2 rings (SSSR count). The standard InChI is InChI=1S/C11H13NO2S/c1-12(11(13)15)7-8-2-3-10-9(6-8)4-5-14-10/h2-3,6H,4-5,7H2,1H3,(H,13,15). The molecule has 0 aromatic heterocycles. The third kappa shape index (κ3) is 2.26. The Morgan fingerprint density at radius 1 is 1.60 bits per heavy atom. The number of rotatable bonds is 2. The fraction of sp³-hybridized carbons (Fsp3) is 0.364. The maximum absolute atomic E-state index is 10.9. The molecule has 1 heterocycles. The minimum Gasteiger partial charge on any atom is -0.493 e. The zero-order valence-corrected chi connectivity index (χ0v) is 9.46. The largest absolute Gasteiger partial charge is 0.493 e. The van der Waals surface area contributed by atoms with E-state index in [2.05, 4.69) is 18.7 Å². The van der Waals surface area contributed by atoms with Crippen LogP contribution in [0.25, 0.3) is 0 Å². The van der Waals surface area contributed by atoms with Crippen LogP contribution in [0.1, 0.15) is 11.1 Å². The highest BCUT2D eigenvalue weighted by atomic mass is 32.1. The van der Waals surface area contributed by atoms with Crippen molar-refractivity contribution in [3.63, 3.8) is 0 Å². The van der Waals surface area contributed by atoms with Gasteiger partial charge in [-0.05, 0) is 17.2 Å². The normalized spacial score (nSPS) is 13.2. The fourth-order valence-corrected chi connectivity index (χ4v) is 1.75. The quantitative estimate of drug-likeness (QED) is 0.778. The Morgan fingerprint density at radius 3 is 3.13 bits per heavy atom. The monoisotopic (exact) mass is 223 g/mol. The van der Waals surface area contributed by atoms with Crippen molar-refractivity contribution in [1.82, 2.24) is 4.90 Å². The molecule has 0 aliphatic carbocycles. The van der Waals surface area contributed by atoms with Crippen molar-refractivity contribution in [2.45, 2.75) is 13.0 Å². The molecule has 0 atom stereocenters. The molecule has 0 saturated heterocycles. The van der Waals surface area contributed by atoms with Crippen LogP contribution in [0.3, 0.4) is 0 Å². The lowest BCUT2D eigenvalue weighted by Gasteiger charge is -2.14. The van der Waals surface area contributed by atoms with Gasteiger partial charge in [0.25, 0.3) is 5.24 Å². The van der Waals surface area contributed by atoms with E-state index in [0.29, 0.717) is 6.54 Å². The van der Waals surface area contributed by atoms with E-state index in [4.69, 9.17) is 4.74 Å². The third-order valence-electron chi connectivity index (χ3n) is 2.50. The topological polar surface area (TPSA) is 29.5 Å². The third-order valence-corrected chi connectivity index (χ3v) is 2.84. The summed E-state index contributed by atoms with van der Waals surface area (Å²) in [5.74, 6) is 0.971. The first-order valence-corrected chi connectivity index (χ1v) is 5.30. The number of nitrogens with zero attached hydrogens (tertiary/aromatic N) is 1. The number of fused-ring (bicyclic) bond motifs is 1. The molecule has 0 N–H and O–H groups in total. The highest BCUT2D eigenvalue weighted by Gasteiger charge is 2.13. The van der Waals surface area contributed by atoms with Crippen LogP contribution in [-0.2, 0) is 13.0 Å². The van der Waals surface area contributed by atoms with Crippen molar-refractivity contribution >= 4 is 17.9 Å². The number of ether oxygens (including phenoxy) is 1. The van der Waals surface area contributed by atoms with Crippen molar-refractivity contribution < 1.29 is 9.53 Å². The first-order valence-electron chi connectivity index (χ1n) is 4.85. The smallest absolute Gasteiger partial charge is 0.278 e. The molecule has 1 aromatic carbocycles. The second-order valence-electron chi connectivity index (χ2n) is 3.68. The summed E-state index contributed by atoms with van der Waals surface area (Å²) in [6.07, 6.45) is 0.960. The molecule has 80 valence electrons. The molecule has 4 heteroatoms. The molecule has 1 aliphatic heterocycles. The zero-order valence-electron chi connectivity index (χ0n) is 8.56. The van der Waals surface area contributed by atoms with E-state index in [1.54, 1.807) is 11.9 Å². The van der Waals surface area contributed by atoms with Crippen LogP contribution in [0.15, 0.2) is 18.2 Å². The number of hydrogen-bond donors (Lipinski definition) is 1. The number of carbonyl (C=O) groups is 1. The molecule has 0 spiro atoms. The number of thiol groups is 1. The van der Waals surface area contributed by atoms with Gasteiger partial charge in [0, 0.05) is 20.0 Å². The van der Waals surface area contributed by atoms with Crippen molar-refractivity contribution in [2.24, 2.45) is 0 Å². The van der Waals surface area contributed by atoms with E-state index in [9.17, 15) is 4.79 Å². The van der Waals surface area contributed by atoms with Gasteiger partial charge in [0.05, 0.1) is 6.61 Å². The Balaban J connectivity index is 2.13. The van der Waals surface area contributed by atoms with Gasteiger partial charge in [-0.3, -0.25) is 4.79 Å². The first-order chi connectivity index (χ1) is 7.16. The molecule has 0 saturated carbocycles.